The molecule has 0 aliphatic carbocycles. The summed E-state index contributed by atoms with van der Waals surface area (Å²) in [5.41, 5.74) is 0. The molecule has 0 bridgehead atoms. The fourth-order valence-electron chi connectivity index (χ4n) is 1.28. The molecule has 3 heteroatoms. The monoisotopic (exact) mass is 203 g/mol. The highest BCUT2D eigenvalue weighted by molar-refractivity contribution is 4.66. The Morgan fingerprint density at radius 1 is 1.00 bits per heavy atom. The Morgan fingerprint density at radius 3 is 2.21 bits per heavy atom. The molecule has 0 saturated carbocycles. The van der Waals surface area contributed by atoms with Crippen LogP contribution in [0.2, 0.25) is 0 Å². The van der Waals surface area contributed by atoms with Crippen LogP contribution in [0.4, 0.5) is 0 Å². The average Bonchev–Trinajstić information content (AvgIpc) is 2.21. The molecule has 3 nitrogen and oxygen atoms in total. The molecule has 0 radical (unpaired) electrons. The second-order valence-electron chi connectivity index (χ2n) is 4.04. The number of hydrogen-bond acceptors (Lipinski definition) is 3. The highest BCUT2D eigenvalue weighted by Gasteiger charge is 2.08. The Balaban J connectivity index is 3.18. The molecular formula is C11H25NO2. The minimum Gasteiger partial charge on any atom is -0.396 e. The molecule has 0 aliphatic rings. The van der Waals surface area contributed by atoms with Gasteiger partial charge >= 0.3 is 0 Å². The van der Waals surface area contributed by atoms with E-state index < -0.39 is 0 Å². The number of aliphatic hydroxyl groups is 2. The topological polar surface area (TPSA) is 52.5 Å². The zero-order valence-corrected chi connectivity index (χ0v) is 9.50. The number of aliphatic hydroxyl groups excluding tert-OH is 2. The highest BCUT2D eigenvalue weighted by Crippen LogP contribution is 2.02. The van der Waals surface area contributed by atoms with E-state index in [2.05, 4.69) is 12.2 Å². The summed E-state index contributed by atoms with van der Waals surface area (Å²) in [5.74, 6) is 0.326. The Kier molecular flexibility index (Phi) is 9.35. The Morgan fingerprint density at radius 2 is 1.64 bits per heavy atom. The standard InChI is InChI=1S/C11H25NO2/c1-10(9-14)11(2)12-7-5-3-4-6-8-13/h10-14H,3-9H2,1-2H3. The van der Waals surface area contributed by atoms with E-state index in [0.29, 0.717) is 18.6 Å². The number of unbranched alkanes of at least 4 members (excludes halogenated alkanes) is 3. The van der Waals surface area contributed by atoms with Gasteiger partial charge in [0, 0.05) is 19.3 Å². The molecule has 0 rings (SSSR count). The van der Waals surface area contributed by atoms with E-state index in [1.807, 2.05) is 6.92 Å². The summed E-state index contributed by atoms with van der Waals surface area (Å²) in [6, 6.07) is 0.387. The van der Waals surface area contributed by atoms with Crippen LogP contribution < -0.4 is 5.32 Å². The van der Waals surface area contributed by atoms with E-state index in [1.165, 1.54) is 6.42 Å². The molecule has 86 valence electrons. The van der Waals surface area contributed by atoms with Gasteiger partial charge in [0.05, 0.1) is 0 Å². The van der Waals surface area contributed by atoms with Crippen LogP contribution in [0.1, 0.15) is 39.5 Å². The molecule has 0 heterocycles. The summed E-state index contributed by atoms with van der Waals surface area (Å²) in [7, 11) is 0. The van der Waals surface area contributed by atoms with Crippen LogP contribution in [0, 0.1) is 5.92 Å². The van der Waals surface area contributed by atoms with Crippen molar-refractivity contribution in [3.63, 3.8) is 0 Å². The second-order valence-corrected chi connectivity index (χ2v) is 4.04. The smallest absolute Gasteiger partial charge is 0.0471 e. The van der Waals surface area contributed by atoms with Gasteiger partial charge in [-0.3, -0.25) is 0 Å². The van der Waals surface area contributed by atoms with Crippen LogP contribution in [0.3, 0.4) is 0 Å². The Labute approximate surface area is 87.5 Å². The van der Waals surface area contributed by atoms with Gasteiger partial charge in [-0.05, 0) is 32.2 Å². The fraction of sp³-hybridized carbons (Fsp3) is 1.00. The van der Waals surface area contributed by atoms with Gasteiger partial charge in [-0.25, -0.2) is 0 Å². The van der Waals surface area contributed by atoms with Gasteiger partial charge in [-0.2, -0.15) is 0 Å². The van der Waals surface area contributed by atoms with Gasteiger partial charge in [-0.15, -0.1) is 0 Å². The second kappa shape index (κ2) is 9.44. The highest BCUT2D eigenvalue weighted by atomic mass is 16.3. The van der Waals surface area contributed by atoms with E-state index in [-0.39, 0.29) is 6.61 Å². The molecule has 0 aromatic heterocycles. The summed E-state index contributed by atoms with van der Waals surface area (Å²) in [6.45, 7) is 5.72. The number of nitrogens with one attached hydrogen (secondary N) is 1. The molecule has 0 aromatic carbocycles. The summed E-state index contributed by atoms with van der Waals surface area (Å²) in [4.78, 5) is 0. The molecule has 0 fully saturated rings. The van der Waals surface area contributed by atoms with Crippen LogP contribution in [0.25, 0.3) is 0 Å². The fourth-order valence-corrected chi connectivity index (χ4v) is 1.28. The lowest BCUT2D eigenvalue weighted by Gasteiger charge is -2.19. The van der Waals surface area contributed by atoms with Gasteiger partial charge in [0.1, 0.15) is 0 Å². The lowest BCUT2D eigenvalue weighted by Crippen LogP contribution is -2.34. The van der Waals surface area contributed by atoms with Crippen LogP contribution in [0.15, 0.2) is 0 Å². The summed E-state index contributed by atoms with van der Waals surface area (Å²) < 4.78 is 0. The molecule has 0 amide bonds. The van der Waals surface area contributed by atoms with Crippen molar-refractivity contribution in [1.82, 2.24) is 5.32 Å². The van der Waals surface area contributed by atoms with E-state index in [1.54, 1.807) is 0 Å². The van der Waals surface area contributed by atoms with Crippen LogP contribution in [0.5, 0.6) is 0 Å². The van der Waals surface area contributed by atoms with Crippen LogP contribution in [-0.2, 0) is 0 Å². The Bertz CT molecular complexity index is 120. The van der Waals surface area contributed by atoms with Gasteiger partial charge < -0.3 is 15.5 Å². The van der Waals surface area contributed by atoms with E-state index in [9.17, 15) is 0 Å². The third kappa shape index (κ3) is 7.30. The van der Waals surface area contributed by atoms with Gasteiger partial charge in [-0.1, -0.05) is 19.8 Å². The van der Waals surface area contributed by atoms with E-state index in [4.69, 9.17) is 10.2 Å². The lowest BCUT2D eigenvalue weighted by atomic mass is 10.1. The molecule has 0 saturated heterocycles. The van der Waals surface area contributed by atoms with Gasteiger partial charge in [0.15, 0.2) is 0 Å². The largest absolute Gasteiger partial charge is 0.396 e. The van der Waals surface area contributed by atoms with Crippen molar-refractivity contribution in [2.24, 2.45) is 5.92 Å². The third-order valence-corrected chi connectivity index (χ3v) is 2.69. The molecule has 0 spiro atoms. The summed E-state index contributed by atoms with van der Waals surface area (Å²) in [5, 5.41) is 20.9. The van der Waals surface area contributed by atoms with E-state index in [0.717, 1.165) is 25.8 Å². The molecular weight excluding hydrogens is 178 g/mol. The molecule has 3 N–H and O–H groups in total. The average molecular weight is 203 g/mol. The van der Waals surface area contributed by atoms with Crippen LogP contribution >= 0.6 is 0 Å². The third-order valence-electron chi connectivity index (χ3n) is 2.69. The van der Waals surface area contributed by atoms with Crippen molar-refractivity contribution in [1.29, 1.82) is 0 Å². The number of rotatable bonds is 9. The zero-order valence-electron chi connectivity index (χ0n) is 9.50. The summed E-state index contributed by atoms with van der Waals surface area (Å²) >= 11 is 0. The lowest BCUT2D eigenvalue weighted by molar-refractivity contribution is 0.207. The maximum Gasteiger partial charge on any atom is 0.0471 e. The molecule has 0 aromatic rings. The first kappa shape index (κ1) is 13.9. The molecule has 0 aliphatic heterocycles. The van der Waals surface area contributed by atoms with Crippen molar-refractivity contribution in [3.05, 3.63) is 0 Å². The maximum absolute atomic E-state index is 8.91. The van der Waals surface area contributed by atoms with Gasteiger partial charge in [0.25, 0.3) is 0 Å². The van der Waals surface area contributed by atoms with Crippen molar-refractivity contribution in [3.8, 4) is 0 Å². The van der Waals surface area contributed by atoms with Gasteiger partial charge in [0.2, 0.25) is 0 Å². The summed E-state index contributed by atoms with van der Waals surface area (Å²) in [6.07, 6.45) is 4.36. The first-order valence-electron chi connectivity index (χ1n) is 5.67. The maximum atomic E-state index is 8.91. The molecule has 14 heavy (non-hydrogen) atoms. The molecule has 2 atom stereocenters. The molecule has 2 unspecified atom stereocenters. The predicted molar refractivity (Wildman–Crippen MR) is 59.3 cm³/mol. The van der Waals surface area contributed by atoms with Crippen LogP contribution in [-0.4, -0.2) is 36.0 Å². The minimum absolute atomic E-state index is 0.249. The first-order valence-corrected chi connectivity index (χ1v) is 5.67. The SMILES string of the molecule is CC(CO)C(C)NCCCCCCO. The minimum atomic E-state index is 0.249. The van der Waals surface area contributed by atoms with Crippen molar-refractivity contribution in [2.45, 2.75) is 45.6 Å². The Hall–Kier alpha value is -0.120. The van der Waals surface area contributed by atoms with E-state index >= 15 is 0 Å². The van der Waals surface area contributed by atoms with Crippen molar-refractivity contribution < 1.29 is 10.2 Å². The zero-order chi connectivity index (χ0) is 10.8. The quantitative estimate of drug-likeness (QED) is 0.493. The van der Waals surface area contributed by atoms with Crippen molar-refractivity contribution in [2.75, 3.05) is 19.8 Å². The predicted octanol–water partition coefficient (Wildman–Crippen LogP) is 1.15. The first-order chi connectivity index (χ1) is 6.72. The normalized spacial score (nSPS) is 15.4. The number of hydrogen-bond donors (Lipinski definition) is 3. The van der Waals surface area contributed by atoms with Crippen molar-refractivity contribution >= 4 is 0 Å².